The molecule has 102 valence electrons. The number of aromatic nitrogens is 1. The van der Waals surface area contributed by atoms with E-state index in [1.165, 1.54) is 0 Å². The zero-order chi connectivity index (χ0) is 14.7. The minimum atomic E-state index is -0.0847. The summed E-state index contributed by atoms with van der Waals surface area (Å²) in [7, 11) is 1.73. The molecule has 0 aliphatic carbocycles. The quantitative estimate of drug-likeness (QED) is 0.879. The van der Waals surface area contributed by atoms with Gasteiger partial charge in [-0.2, -0.15) is 0 Å². The van der Waals surface area contributed by atoms with Crippen molar-refractivity contribution in [1.29, 1.82) is 0 Å². The molecule has 1 heterocycles. The number of rotatable bonds is 3. The van der Waals surface area contributed by atoms with Crippen LogP contribution in [0.4, 0.5) is 5.69 Å². The Kier molecular flexibility index (Phi) is 4.10. The summed E-state index contributed by atoms with van der Waals surface area (Å²) in [6.45, 7) is 1.85. The minimum absolute atomic E-state index is 0.0847. The molecule has 2 N–H and O–H groups in total. The van der Waals surface area contributed by atoms with Crippen molar-refractivity contribution in [2.24, 2.45) is 5.73 Å². The van der Waals surface area contributed by atoms with Crippen molar-refractivity contribution in [2.75, 3.05) is 11.9 Å². The number of carbonyl (C=O) groups is 1. The number of anilines is 1. The fourth-order valence-electron chi connectivity index (χ4n) is 1.84. The lowest BCUT2D eigenvalue weighted by Gasteiger charge is -2.17. The number of hydrogen-bond donors (Lipinski definition) is 1. The Morgan fingerprint density at radius 2 is 1.85 bits per heavy atom. The molecule has 1 aromatic heterocycles. The zero-order valence-electron chi connectivity index (χ0n) is 11.3. The summed E-state index contributed by atoms with van der Waals surface area (Å²) < 4.78 is 0. The van der Waals surface area contributed by atoms with Gasteiger partial charge in [0.1, 0.15) is 4.99 Å². The highest BCUT2D eigenvalue weighted by Crippen LogP contribution is 2.16. The van der Waals surface area contributed by atoms with Gasteiger partial charge in [0, 0.05) is 35.8 Å². The molecule has 0 fully saturated rings. The maximum Gasteiger partial charge on any atom is 0.258 e. The average Bonchev–Trinajstić information content (AvgIpc) is 2.46. The lowest BCUT2D eigenvalue weighted by molar-refractivity contribution is 0.0993. The highest BCUT2D eigenvalue weighted by molar-refractivity contribution is 7.80. The van der Waals surface area contributed by atoms with E-state index in [1.807, 2.05) is 19.1 Å². The third kappa shape index (κ3) is 3.00. The minimum Gasteiger partial charge on any atom is -0.389 e. The highest BCUT2D eigenvalue weighted by atomic mass is 32.1. The number of aryl methyl sites for hydroxylation is 1. The van der Waals surface area contributed by atoms with Gasteiger partial charge in [-0.15, -0.1) is 0 Å². The second kappa shape index (κ2) is 5.79. The smallest absolute Gasteiger partial charge is 0.258 e. The normalized spacial score (nSPS) is 10.1. The molecule has 2 aromatic rings. The van der Waals surface area contributed by atoms with E-state index in [4.69, 9.17) is 18.0 Å². The largest absolute Gasteiger partial charge is 0.389 e. The van der Waals surface area contributed by atoms with Gasteiger partial charge in [0.05, 0.1) is 0 Å². The standard InChI is InChI=1S/C15H15N3OS/c1-10-9-12(7-8-17-10)15(19)18(2)13-5-3-11(4-6-13)14(16)20/h3-9H,1-2H3,(H2,16,20). The first kappa shape index (κ1) is 14.1. The number of thiocarbonyl (C=S) groups is 1. The molecule has 20 heavy (non-hydrogen) atoms. The summed E-state index contributed by atoms with van der Waals surface area (Å²) in [5.41, 5.74) is 8.54. The summed E-state index contributed by atoms with van der Waals surface area (Å²) >= 11 is 4.90. The molecule has 0 atom stereocenters. The SMILES string of the molecule is Cc1cc(C(=O)N(C)c2ccc(C(N)=S)cc2)ccn1. The Bertz CT molecular complexity index is 652. The van der Waals surface area contributed by atoms with Crippen LogP contribution in [-0.2, 0) is 0 Å². The molecule has 0 spiro atoms. The van der Waals surface area contributed by atoms with Crippen molar-refractivity contribution in [1.82, 2.24) is 4.98 Å². The molecule has 2 rings (SSSR count). The predicted molar refractivity (Wildman–Crippen MR) is 84.0 cm³/mol. The molecule has 0 saturated heterocycles. The average molecular weight is 285 g/mol. The molecule has 1 amide bonds. The predicted octanol–water partition coefficient (Wildman–Crippen LogP) is 2.30. The van der Waals surface area contributed by atoms with Crippen LogP contribution in [0.1, 0.15) is 21.6 Å². The Labute approximate surface area is 123 Å². The van der Waals surface area contributed by atoms with Crippen molar-refractivity contribution >= 4 is 28.8 Å². The van der Waals surface area contributed by atoms with Gasteiger partial charge in [0.15, 0.2) is 0 Å². The summed E-state index contributed by atoms with van der Waals surface area (Å²) in [4.78, 5) is 18.4. The first-order valence-corrected chi connectivity index (χ1v) is 6.50. The van der Waals surface area contributed by atoms with Crippen LogP contribution >= 0.6 is 12.2 Å². The summed E-state index contributed by atoms with van der Waals surface area (Å²) in [5, 5.41) is 0. The number of nitrogens with zero attached hydrogens (tertiary/aromatic N) is 2. The van der Waals surface area contributed by atoms with E-state index in [1.54, 1.807) is 42.4 Å². The van der Waals surface area contributed by atoms with Crippen LogP contribution in [0.2, 0.25) is 0 Å². The number of pyridine rings is 1. The third-order valence-corrected chi connectivity index (χ3v) is 3.22. The zero-order valence-corrected chi connectivity index (χ0v) is 12.1. The Hall–Kier alpha value is -2.27. The van der Waals surface area contributed by atoms with Gasteiger partial charge in [0.2, 0.25) is 0 Å². The van der Waals surface area contributed by atoms with Crippen LogP contribution in [-0.4, -0.2) is 22.9 Å². The van der Waals surface area contributed by atoms with Gasteiger partial charge >= 0.3 is 0 Å². The monoisotopic (exact) mass is 285 g/mol. The van der Waals surface area contributed by atoms with Crippen LogP contribution in [0.5, 0.6) is 0 Å². The first-order valence-electron chi connectivity index (χ1n) is 6.09. The van der Waals surface area contributed by atoms with Crippen LogP contribution in [0.3, 0.4) is 0 Å². The molecule has 5 heteroatoms. The van der Waals surface area contributed by atoms with Crippen molar-refractivity contribution in [2.45, 2.75) is 6.92 Å². The van der Waals surface area contributed by atoms with Crippen molar-refractivity contribution in [3.05, 3.63) is 59.4 Å². The Balaban J connectivity index is 2.24. The summed E-state index contributed by atoms with van der Waals surface area (Å²) in [5.74, 6) is -0.0847. The van der Waals surface area contributed by atoms with Crippen LogP contribution in [0, 0.1) is 6.92 Å². The first-order chi connectivity index (χ1) is 9.49. The fraction of sp³-hybridized carbons (Fsp3) is 0.133. The second-order valence-electron chi connectivity index (χ2n) is 4.46. The molecule has 0 bridgehead atoms. The lowest BCUT2D eigenvalue weighted by atomic mass is 10.1. The molecule has 0 aliphatic heterocycles. The van der Waals surface area contributed by atoms with Crippen LogP contribution < -0.4 is 10.6 Å². The third-order valence-electron chi connectivity index (χ3n) is 2.99. The summed E-state index contributed by atoms with van der Waals surface area (Å²) in [6, 6.07) is 10.7. The maximum absolute atomic E-state index is 12.4. The van der Waals surface area contributed by atoms with E-state index in [0.29, 0.717) is 10.6 Å². The Morgan fingerprint density at radius 1 is 1.20 bits per heavy atom. The Morgan fingerprint density at radius 3 is 2.40 bits per heavy atom. The molecule has 0 aliphatic rings. The fourth-order valence-corrected chi connectivity index (χ4v) is 1.97. The number of hydrogen-bond acceptors (Lipinski definition) is 3. The number of benzene rings is 1. The van der Waals surface area contributed by atoms with Crippen molar-refractivity contribution in [3.8, 4) is 0 Å². The van der Waals surface area contributed by atoms with Gasteiger partial charge in [-0.25, -0.2) is 0 Å². The van der Waals surface area contributed by atoms with E-state index < -0.39 is 0 Å². The number of amides is 1. The van der Waals surface area contributed by atoms with E-state index in [9.17, 15) is 4.79 Å². The van der Waals surface area contributed by atoms with E-state index in [-0.39, 0.29) is 5.91 Å². The molecular weight excluding hydrogens is 270 g/mol. The number of carbonyl (C=O) groups excluding carboxylic acids is 1. The molecular formula is C15H15N3OS. The maximum atomic E-state index is 12.4. The van der Waals surface area contributed by atoms with Crippen molar-refractivity contribution in [3.63, 3.8) is 0 Å². The van der Waals surface area contributed by atoms with Crippen LogP contribution in [0.15, 0.2) is 42.6 Å². The summed E-state index contributed by atoms with van der Waals surface area (Å²) in [6.07, 6.45) is 1.63. The van der Waals surface area contributed by atoms with Gasteiger partial charge in [-0.1, -0.05) is 12.2 Å². The van der Waals surface area contributed by atoms with Crippen molar-refractivity contribution < 1.29 is 4.79 Å². The van der Waals surface area contributed by atoms with E-state index in [0.717, 1.165) is 16.9 Å². The van der Waals surface area contributed by atoms with Gasteiger partial charge in [-0.05, 0) is 43.3 Å². The van der Waals surface area contributed by atoms with E-state index >= 15 is 0 Å². The van der Waals surface area contributed by atoms with Crippen LogP contribution in [0.25, 0.3) is 0 Å². The molecule has 1 aromatic carbocycles. The molecule has 0 saturated carbocycles. The molecule has 0 unspecified atom stereocenters. The van der Waals surface area contributed by atoms with Gasteiger partial charge in [-0.3, -0.25) is 9.78 Å². The molecule has 0 radical (unpaired) electrons. The topological polar surface area (TPSA) is 59.2 Å². The van der Waals surface area contributed by atoms with E-state index in [2.05, 4.69) is 4.98 Å². The van der Waals surface area contributed by atoms with Gasteiger partial charge in [0.25, 0.3) is 5.91 Å². The van der Waals surface area contributed by atoms with Gasteiger partial charge < -0.3 is 10.6 Å². The molecule has 4 nitrogen and oxygen atoms in total. The lowest BCUT2D eigenvalue weighted by Crippen LogP contribution is -2.26. The number of nitrogens with two attached hydrogens (primary N) is 1. The highest BCUT2D eigenvalue weighted by Gasteiger charge is 2.13. The second-order valence-corrected chi connectivity index (χ2v) is 4.90.